The smallest absolute Gasteiger partial charge is 0.222 e. The Labute approximate surface area is 167 Å². The van der Waals surface area contributed by atoms with E-state index in [9.17, 15) is 9.90 Å². The summed E-state index contributed by atoms with van der Waals surface area (Å²) in [6, 6.07) is -0.385. The van der Waals surface area contributed by atoms with Crippen LogP contribution in [0, 0.1) is 0 Å². The number of piperidine rings is 1. The molecule has 0 unspecified atom stereocenters. The molecule has 1 aromatic rings. The molecule has 2 fully saturated rings. The van der Waals surface area contributed by atoms with E-state index in [-0.39, 0.29) is 17.6 Å². The van der Waals surface area contributed by atoms with Crippen molar-refractivity contribution in [3.8, 4) is 0 Å². The second-order valence-electron chi connectivity index (χ2n) is 8.44. The fourth-order valence-electron chi connectivity index (χ4n) is 4.33. The summed E-state index contributed by atoms with van der Waals surface area (Å²) in [5.41, 5.74) is -1.27. The predicted octanol–water partition coefficient (Wildman–Crippen LogP) is 0.490. The Bertz CT molecular complexity index is 652. The minimum absolute atomic E-state index is 0.115. The summed E-state index contributed by atoms with van der Waals surface area (Å²) in [5, 5.41) is 13.9. The quantitative estimate of drug-likeness (QED) is 0.700. The van der Waals surface area contributed by atoms with Gasteiger partial charge in [0.2, 0.25) is 5.91 Å². The molecule has 2 aliphatic rings. The molecule has 28 heavy (non-hydrogen) atoms. The molecule has 0 bridgehead atoms. The largest absolute Gasteiger partial charge is 0.388 e. The number of nitrogens with zero attached hydrogens (tertiary/aromatic N) is 3. The van der Waals surface area contributed by atoms with Gasteiger partial charge < -0.3 is 29.4 Å². The number of hydrogen-bond donors (Lipinski definition) is 2. The highest BCUT2D eigenvalue weighted by Gasteiger charge is 2.49. The van der Waals surface area contributed by atoms with Crippen molar-refractivity contribution in [1.82, 2.24) is 19.8 Å². The van der Waals surface area contributed by atoms with Crippen LogP contribution in [0.3, 0.4) is 0 Å². The topological polar surface area (TPSA) is 88.9 Å². The monoisotopic (exact) mass is 394 g/mol. The third kappa shape index (κ3) is 5.11. The summed E-state index contributed by atoms with van der Waals surface area (Å²) in [6.07, 6.45) is 7.38. The lowest BCUT2D eigenvalue weighted by molar-refractivity contribution is -0.189. The average Bonchev–Trinajstić information content (AvgIpc) is 3.06. The number of rotatable bonds is 7. The second kappa shape index (κ2) is 8.90. The number of carbonyl (C=O) groups excluding carboxylic acids is 1. The fraction of sp³-hybridized carbons (Fsp3) is 0.800. The van der Waals surface area contributed by atoms with Gasteiger partial charge in [-0.25, -0.2) is 4.98 Å². The van der Waals surface area contributed by atoms with Crippen molar-refractivity contribution in [1.29, 1.82) is 0 Å². The van der Waals surface area contributed by atoms with Gasteiger partial charge in [0.25, 0.3) is 0 Å². The van der Waals surface area contributed by atoms with Crippen LogP contribution in [0.1, 0.15) is 38.4 Å². The van der Waals surface area contributed by atoms with Crippen LogP contribution in [0.25, 0.3) is 0 Å². The van der Waals surface area contributed by atoms with Crippen molar-refractivity contribution in [3.05, 3.63) is 18.2 Å². The Morgan fingerprint density at radius 2 is 2.21 bits per heavy atom. The van der Waals surface area contributed by atoms with Crippen molar-refractivity contribution >= 4 is 5.91 Å². The van der Waals surface area contributed by atoms with Crippen molar-refractivity contribution < 1.29 is 19.4 Å². The van der Waals surface area contributed by atoms with Crippen molar-refractivity contribution in [2.45, 2.75) is 56.3 Å². The van der Waals surface area contributed by atoms with Gasteiger partial charge in [-0.05, 0) is 19.8 Å². The van der Waals surface area contributed by atoms with E-state index in [0.717, 1.165) is 44.7 Å². The maximum atomic E-state index is 12.0. The number of carbonyl (C=O) groups is 1. The van der Waals surface area contributed by atoms with E-state index in [1.807, 2.05) is 26.4 Å². The van der Waals surface area contributed by atoms with E-state index < -0.39 is 5.60 Å². The molecule has 2 atom stereocenters. The van der Waals surface area contributed by atoms with Gasteiger partial charge in [-0.1, -0.05) is 0 Å². The van der Waals surface area contributed by atoms with E-state index in [0.29, 0.717) is 26.1 Å². The molecular weight excluding hydrogens is 360 g/mol. The highest BCUT2D eigenvalue weighted by molar-refractivity contribution is 5.76. The van der Waals surface area contributed by atoms with Crippen LogP contribution in [0.2, 0.25) is 0 Å². The lowest BCUT2D eigenvalue weighted by Crippen LogP contribution is -2.64. The fourth-order valence-corrected chi connectivity index (χ4v) is 4.33. The molecular formula is C20H34N4O4. The Hall–Kier alpha value is -1.48. The zero-order valence-corrected chi connectivity index (χ0v) is 17.3. The van der Waals surface area contributed by atoms with Crippen LogP contribution >= 0.6 is 0 Å². The van der Waals surface area contributed by atoms with Crippen molar-refractivity contribution in [3.63, 3.8) is 0 Å². The molecule has 3 rings (SSSR count). The van der Waals surface area contributed by atoms with Crippen LogP contribution < -0.4 is 5.32 Å². The summed E-state index contributed by atoms with van der Waals surface area (Å²) >= 11 is 0. The van der Waals surface area contributed by atoms with Crippen LogP contribution in [0.5, 0.6) is 0 Å². The first-order chi connectivity index (χ1) is 13.3. The first-order valence-corrected chi connectivity index (χ1v) is 10.2. The first-order valence-electron chi connectivity index (χ1n) is 10.2. The van der Waals surface area contributed by atoms with Crippen molar-refractivity contribution in [2.75, 3.05) is 40.0 Å². The molecule has 158 valence electrons. The van der Waals surface area contributed by atoms with Gasteiger partial charge in [-0.2, -0.15) is 0 Å². The van der Waals surface area contributed by atoms with Crippen LogP contribution in [-0.2, 0) is 27.7 Å². The van der Waals surface area contributed by atoms with E-state index in [1.165, 1.54) is 0 Å². The SMILES string of the molecule is COCCC(=O)N[C@H]1COC2(CCN(CCc3nccn3C)CC2)C[C@]1(C)O. The van der Waals surface area contributed by atoms with Crippen LogP contribution in [0.4, 0.5) is 0 Å². The van der Waals surface area contributed by atoms with E-state index in [4.69, 9.17) is 9.47 Å². The van der Waals surface area contributed by atoms with Gasteiger partial charge in [0, 0.05) is 65.4 Å². The summed E-state index contributed by atoms with van der Waals surface area (Å²) in [5.74, 6) is 0.986. The number of aromatic nitrogens is 2. The first kappa shape index (κ1) is 21.2. The van der Waals surface area contributed by atoms with Gasteiger partial charge in [0.05, 0.1) is 30.5 Å². The Balaban J connectivity index is 1.48. The molecule has 3 heterocycles. The number of aryl methyl sites for hydroxylation is 1. The molecule has 0 aliphatic carbocycles. The number of ether oxygens (including phenoxy) is 2. The lowest BCUT2D eigenvalue weighted by Gasteiger charge is -2.51. The molecule has 2 N–H and O–H groups in total. The number of hydrogen-bond acceptors (Lipinski definition) is 6. The molecule has 8 heteroatoms. The summed E-state index contributed by atoms with van der Waals surface area (Å²) < 4.78 is 13.2. The van der Waals surface area contributed by atoms with Crippen LogP contribution in [-0.4, -0.2) is 82.7 Å². The number of nitrogens with one attached hydrogen (secondary N) is 1. The second-order valence-corrected chi connectivity index (χ2v) is 8.44. The number of methoxy groups -OCH3 is 1. The minimum Gasteiger partial charge on any atom is -0.388 e. The lowest BCUT2D eigenvalue weighted by atomic mass is 9.75. The van der Waals surface area contributed by atoms with E-state index in [2.05, 4.69) is 19.8 Å². The third-order valence-corrected chi connectivity index (χ3v) is 6.20. The highest BCUT2D eigenvalue weighted by atomic mass is 16.5. The standard InChI is InChI=1S/C20H34N4O4/c1-19(26)15-20(28-14-16(19)22-18(25)5-13-27-3)6-10-24(11-7-20)9-4-17-21-8-12-23(17)2/h8,12,16,26H,4-7,9-11,13-15H2,1-3H3,(H,22,25)/t16-,19-/m0/s1. The van der Waals surface area contributed by atoms with Gasteiger partial charge >= 0.3 is 0 Å². The average molecular weight is 395 g/mol. The van der Waals surface area contributed by atoms with Gasteiger partial charge in [0.15, 0.2) is 0 Å². The number of imidazole rings is 1. The van der Waals surface area contributed by atoms with E-state index in [1.54, 1.807) is 7.11 Å². The zero-order chi connectivity index (χ0) is 20.2. The van der Waals surface area contributed by atoms with Gasteiger partial charge in [-0.3, -0.25) is 4.79 Å². The van der Waals surface area contributed by atoms with Gasteiger partial charge in [0.1, 0.15) is 5.82 Å². The highest BCUT2D eigenvalue weighted by Crippen LogP contribution is 2.39. The van der Waals surface area contributed by atoms with Crippen molar-refractivity contribution in [2.24, 2.45) is 7.05 Å². The Kier molecular flexibility index (Phi) is 6.75. The molecule has 8 nitrogen and oxygen atoms in total. The summed E-state index contributed by atoms with van der Waals surface area (Å²) in [4.78, 5) is 18.8. The minimum atomic E-state index is -0.976. The molecule has 2 aliphatic heterocycles. The summed E-state index contributed by atoms with van der Waals surface area (Å²) in [7, 11) is 3.59. The molecule has 1 amide bonds. The molecule has 0 saturated carbocycles. The zero-order valence-electron chi connectivity index (χ0n) is 17.3. The Morgan fingerprint density at radius 3 is 2.82 bits per heavy atom. The Morgan fingerprint density at radius 1 is 1.46 bits per heavy atom. The van der Waals surface area contributed by atoms with Gasteiger partial charge in [-0.15, -0.1) is 0 Å². The number of amides is 1. The maximum absolute atomic E-state index is 12.0. The summed E-state index contributed by atoms with van der Waals surface area (Å²) in [6.45, 7) is 5.41. The molecule has 1 spiro atoms. The number of likely N-dealkylation sites (tertiary alicyclic amines) is 1. The molecule has 1 aromatic heterocycles. The molecule has 0 aromatic carbocycles. The molecule has 0 radical (unpaired) electrons. The molecule has 2 saturated heterocycles. The van der Waals surface area contributed by atoms with Crippen LogP contribution in [0.15, 0.2) is 12.4 Å². The van der Waals surface area contributed by atoms with E-state index >= 15 is 0 Å². The maximum Gasteiger partial charge on any atom is 0.222 e. The predicted molar refractivity (Wildman–Crippen MR) is 105 cm³/mol. The number of aliphatic hydroxyl groups is 1. The third-order valence-electron chi connectivity index (χ3n) is 6.20. The normalized spacial score (nSPS) is 27.8.